The molecule has 0 aliphatic rings. The maximum absolute atomic E-state index is 6.44. The summed E-state index contributed by atoms with van der Waals surface area (Å²) in [7, 11) is 42.6. The normalized spacial score (nSPS) is 12.2. The van der Waals surface area contributed by atoms with Crippen LogP contribution in [0.4, 0.5) is 0 Å². The molecule has 0 fully saturated rings. The number of hydrogen-bond donors (Lipinski definition) is 0. The summed E-state index contributed by atoms with van der Waals surface area (Å²) < 4.78 is 6.44. The number of rotatable bonds is 4. The molecule has 0 N–H and O–H groups in total. The summed E-state index contributed by atoms with van der Waals surface area (Å²) in [6, 6.07) is 36.9. The molecular formula is C60H52B18O. The van der Waals surface area contributed by atoms with E-state index in [0.29, 0.717) is 0 Å². The number of furan rings is 1. The van der Waals surface area contributed by atoms with Gasteiger partial charge in [-0.15, -0.1) is 10.9 Å². The lowest BCUT2D eigenvalue weighted by atomic mass is 9.58. The van der Waals surface area contributed by atoms with Crippen molar-refractivity contribution in [3.63, 3.8) is 0 Å². The predicted molar refractivity (Wildman–Crippen MR) is 408 cm³/mol. The van der Waals surface area contributed by atoms with Crippen LogP contribution in [0, 0.1) is 0 Å². The van der Waals surface area contributed by atoms with Gasteiger partial charge in [0.25, 0.3) is 0 Å². The molecule has 1 nitrogen and oxygen atoms in total. The number of hydrogen-bond acceptors (Lipinski definition) is 1. The van der Waals surface area contributed by atoms with Gasteiger partial charge in [-0.2, -0.15) is 0 Å². The molecule has 0 aliphatic carbocycles. The summed E-state index contributed by atoms with van der Waals surface area (Å²) in [5.41, 5.74) is 36.9. The molecule has 1 aromatic heterocycles. The minimum absolute atomic E-state index is 0.909. The van der Waals surface area contributed by atoms with E-state index >= 15 is 0 Å². The molecule has 0 unspecified atom stereocenters. The third kappa shape index (κ3) is 6.48. The average molecular weight is 984 g/mol. The van der Waals surface area contributed by atoms with Crippen LogP contribution in [0.2, 0.25) is 0 Å². The van der Waals surface area contributed by atoms with Crippen LogP contribution >= 0.6 is 0 Å². The van der Waals surface area contributed by atoms with Crippen molar-refractivity contribution in [3.05, 3.63) is 97.1 Å². The Morgan fingerprint density at radius 2 is 0.544 bits per heavy atom. The van der Waals surface area contributed by atoms with Crippen molar-refractivity contribution >= 4 is 337 Å². The van der Waals surface area contributed by atoms with Crippen LogP contribution < -0.4 is 98.3 Å². The van der Waals surface area contributed by atoms with Gasteiger partial charge in [-0.1, -0.05) is 148 Å². The first kappa shape index (κ1) is 50.4. The highest BCUT2D eigenvalue weighted by Gasteiger charge is 2.29. The Labute approximate surface area is 479 Å². The van der Waals surface area contributed by atoms with Crippen LogP contribution in [0.3, 0.4) is 0 Å². The van der Waals surface area contributed by atoms with E-state index in [1.54, 1.807) is 0 Å². The van der Waals surface area contributed by atoms with Crippen LogP contribution in [0.25, 0.3) is 142 Å². The first-order valence-corrected chi connectivity index (χ1v) is 28.7. The minimum atomic E-state index is 0.909. The zero-order valence-electron chi connectivity index (χ0n) is 49.6. The van der Waals surface area contributed by atoms with Crippen LogP contribution in [0.5, 0.6) is 0 Å². The van der Waals surface area contributed by atoms with Crippen molar-refractivity contribution in [1.29, 1.82) is 0 Å². The van der Waals surface area contributed by atoms with Gasteiger partial charge in [0.15, 0.2) is 0 Å². The van der Waals surface area contributed by atoms with Crippen molar-refractivity contribution < 1.29 is 4.42 Å². The molecule has 0 aliphatic heterocycles. The van der Waals surface area contributed by atoms with Gasteiger partial charge in [0, 0.05) is 10.8 Å². The summed E-state index contributed by atoms with van der Waals surface area (Å²) in [4.78, 5) is 0. The number of benzene rings is 13. The van der Waals surface area contributed by atoms with Crippen molar-refractivity contribution in [2.45, 2.75) is 0 Å². The Bertz CT molecular complexity index is 5130. The van der Waals surface area contributed by atoms with Crippen molar-refractivity contribution in [2.75, 3.05) is 0 Å². The first-order valence-electron chi connectivity index (χ1n) is 28.7. The Kier molecular flexibility index (Phi) is 11.1. The van der Waals surface area contributed by atoms with E-state index in [1.165, 1.54) is 218 Å². The van der Waals surface area contributed by atoms with E-state index in [4.69, 9.17) is 4.42 Å². The van der Waals surface area contributed by atoms with E-state index in [0.717, 1.165) is 21.9 Å². The van der Waals surface area contributed by atoms with Crippen LogP contribution in [-0.2, 0) is 0 Å². The summed E-state index contributed by atoms with van der Waals surface area (Å²) in [5, 5.41) is 21.9. The summed E-state index contributed by atoms with van der Waals surface area (Å²) in [6.45, 7) is 0. The molecule has 0 spiro atoms. The van der Waals surface area contributed by atoms with Gasteiger partial charge in [-0.3, -0.25) is 0 Å². The molecule has 0 bridgehead atoms. The Morgan fingerprint density at radius 1 is 0.203 bits per heavy atom. The smallest absolute Gasteiger partial charge is 0.139 e. The molecule has 14 aromatic rings. The lowest BCUT2D eigenvalue weighted by Gasteiger charge is -2.29. The van der Waals surface area contributed by atoms with Gasteiger partial charge < -0.3 is 4.42 Å². The van der Waals surface area contributed by atoms with Gasteiger partial charge in [-0.05, 0) is 156 Å². The Morgan fingerprint density at radius 3 is 1.05 bits per heavy atom. The maximum atomic E-state index is 6.44. The van der Waals surface area contributed by atoms with Gasteiger partial charge in [0.05, 0.1) is 0 Å². The summed E-state index contributed by atoms with van der Waals surface area (Å²) >= 11 is 0. The predicted octanol–water partition coefficient (Wildman–Crippen LogP) is -14.1. The highest BCUT2D eigenvalue weighted by atomic mass is 16.3. The quantitative estimate of drug-likeness (QED) is 0.127. The largest absolute Gasteiger partial charge is 0.456 e. The number of para-hydroxylation sites is 1. The van der Waals surface area contributed by atoms with Crippen molar-refractivity contribution in [3.8, 4) is 44.5 Å². The molecule has 0 saturated carbocycles. The summed E-state index contributed by atoms with van der Waals surface area (Å²) in [5.74, 6) is 0. The Hall–Kier alpha value is -6.83. The lowest BCUT2D eigenvalue weighted by Crippen LogP contribution is -2.48. The topological polar surface area (TPSA) is 13.1 Å². The highest BCUT2D eigenvalue weighted by Crippen LogP contribution is 2.43. The molecule has 79 heavy (non-hydrogen) atoms. The number of fused-ring (bicyclic) bond motifs is 4. The molecule has 0 saturated heterocycles. The van der Waals surface area contributed by atoms with Crippen molar-refractivity contribution in [2.24, 2.45) is 0 Å². The second-order valence-electron chi connectivity index (χ2n) is 24.3. The van der Waals surface area contributed by atoms with E-state index in [1.807, 2.05) is 0 Å². The average Bonchev–Trinajstić information content (AvgIpc) is 3.05. The molecule has 0 atom stereocenters. The zero-order chi connectivity index (χ0) is 55.4. The molecule has 352 valence electrons. The highest BCUT2D eigenvalue weighted by molar-refractivity contribution is 6.77. The van der Waals surface area contributed by atoms with E-state index in [-0.39, 0.29) is 0 Å². The van der Waals surface area contributed by atoms with E-state index in [2.05, 4.69) is 238 Å². The van der Waals surface area contributed by atoms with Crippen LogP contribution in [-0.4, -0.2) is 141 Å². The zero-order valence-corrected chi connectivity index (χ0v) is 49.6. The molecule has 0 amide bonds. The fourth-order valence-corrected chi connectivity index (χ4v) is 15.8. The second kappa shape index (κ2) is 17.3. The standard InChI is InChI=1S/C60H52B18O/c61-43-29(35-31-33-39(49(67)45(35)63)55(73)59(77)57(75)41(33)53(71)51(69)37(31)47(43)65)20-14-18(17-9-12-28-26(16-17)24-7-3-4-8-27(24)79-28)13-19(15-20)21-10-11-25(23-6-2-1-5-22(21)23)30-36-32-34-40(50(68)46(36)64)56(74)60(78)58(76)42(34)54(72)52(70)38(32)48(66)44(30)62/h1-16H,61-78H2. The molecule has 13 aromatic carbocycles. The third-order valence-corrected chi connectivity index (χ3v) is 21.1. The maximum Gasteiger partial charge on any atom is 0.139 e. The van der Waals surface area contributed by atoms with Gasteiger partial charge >= 0.3 is 0 Å². The monoisotopic (exact) mass is 987 g/mol. The molecular weight excluding hydrogens is 931 g/mol. The van der Waals surface area contributed by atoms with E-state index in [9.17, 15) is 0 Å². The molecule has 19 heteroatoms. The van der Waals surface area contributed by atoms with Gasteiger partial charge in [-0.25, -0.2) is 0 Å². The summed E-state index contributed by atoms with van der Waals surface area (Å²) in [6.07, 6.45) is 0. The Balaban J connectivity index is 1.10. The molecule has 0 radical (unpaired) electrons. The minimum Gasteiger partial charge on any atom is -0.456 e. The third-order valence-electron chi connectivity index (χ3n) is 21.1. The van der Waals surface area contributed by atoms with Gasteiger partial charge in [0.1, 0.15) is 152 Å². The SMILES string of the molecule is Bc1c(B)c2c(B)c(B)c3c(B)c(B)c(-c4cc(-c5ccc6oc7ccccc7c6c5)cc(-c5ccc(-c6c(B)c(B)c7c(B)c(B)c8c(B)c(B)c(B)c9c(B)c(B)c6c7c89)c6ccccc56)c4)c4c(B)c(B)c(c1B)c2c34. The van der Waals surface area contributed by atoms with E-state index < -0.39 is 0 Å². The fourth-order valence-electron chi connectivity index (χ4n) is 15.8. The molecule has 1 heterocycles. The fraction of sp³-hybridized carbons (Fsp3) is 0. The van der Waals surface area contributed by atoms with Crippen LogP contribution in [0.1, 0.15) is 0 Å². The van der Waals surface area contributed by atoms with Crippen molar-refractivity contribution in [1.82, 2.24) is 0 Å². The lowest BCUT2D eigenvalue weighted by molar-refractivity contribution is 0.669. The van der Waals surface area contributed by atoms with Gasteiger partial charge in [0.2, 0.25) is 0 Å². The molecule has 14 rings (SSSR count). The second-order valence-corrected chi connectivity index (χ2v) is 24.3. The first-order chi connectivity index (χ1) is 37.7. The van der Waals surface area contributed by atoms with Crippen LogP contribution in [0.15, 0.2) is 101 Å².